The predicted molar refractivity (Wildman–Crippen MR) is 92.0 cm³/mol. The molecule has 0 bridgehead atoms. The Labute approximate surface area is 145 Å². The molecular weight excluding hydrogens is 337 g/mol. The van der Waals surface area contributed by atoms with Gasteiger partial charge in [-0.3, -0.25) is 0 Å². The highest BCUT2D eigenvalue weighted by Crippen LogP contribution is 2.25. The van der Waals surface area contributed by atoms with E-state index in [0.29, 0.717) is 28.8 Å². The van der Waals surface area contributed by atoms with Gasteiger partial charge < -0.3 is 15.0 Å². The number of hydrogen-bond donors (Lipinski definition) is 2. The largest absolute Gasteiger partial charge is 0.444 e. The van der Waals surface area contributed by atoms with Gasteiger partial charge in [0.15, 0.2) is 0 Å². The average Bonchev–Trinajstić information content (AvgIpc) is 2.84. The minimum absolute atomic E-state index is 0.432. The third-order valence-corrected chi connectivity index (χ3v) is 3.26. The summed E-state index contributed by atoms with van der Waals surface area (Å²) in [6.45, 7) is 5.92. The van der Waals surface area contributed by atoms with E-state index in [0.717, 1.165) is 11.3 Å². The molecule has 1 aromatic carbocycles. The number of hydrogen-bond acceptors (Lipinski definition) is 3. The molecule has 0 unspecified atom stereocenters. The van der Waals surface area contributed by atoms with Gasteiger partial charge in [-0.05, 0) is 39.0 Å². The molecule has 1 heterocycles. The minimum atomic E-state index is -0.503. The number of carbonyl (C=O) groups is 1. The molecule has 23 heavy (non-hydrogen) atoms. The minimum Gasteiger partial charge on any atom is -0.444 e. The molecule has 0 saturated heterocycles. The van der Waals surface area contributed by atoms with Crippen molar-refractivity contribution in [3.8, 4) is 11.4 Å². The second kappa shape index (κ2) is 7.23. The number of ether oxygens (including phenoxy) is 1. The van der Waals surface area contributed by atoms with Crippen molar-refractivity contribution in [2.75, 3.05) is 6.54 Å². The third-order valence-electron chi connectivity index (χ3n) is 2.83. The molecule has 2 aromatic rings. The van der Waals surface area contributed by atoms with E-state index in [1.165, 1.54) is 0 Å². The first-order valence-electron chi connectivity index (χ1n) is 7.20. The fourth-order valence-electron chi connectivity index (χ4n) is 1.94. The van der Waals surface area contributed by atoms with Crippen molar-refractivity contribution in [2.45, 2.75) is 32.8 Å². The van der Waals surface area contributed by atoms with Gasteiger partial charge in [0.2, 0.25) is 0 Å². The zero-order valence-electron chi connectivity index (χ0n) is 13.2. The monoisotopic (exact) mass is 355 g/mol. The molecule has 124 valence electrons. The predicted octanol–water partition coefficient (Wildman–Crippen LogP) is 4.45. The van der Waals surface area contributed by atoms with Gasteiger partial charge in [-0.2, -0.15) is 0 Å². The second-order valence-electron chi connectivity index (χ2n) is 6.09. The molecule has 2 rings (SSSR count). The fraction of sp³-hybridized carbons (Fsp3) is 0.375. The van der Waals surface area contributed by atoms with E-state index in [2.05, 4.69) is 15.3 Å². The van der Waals surface area contributed by atoms with E-state index < -0.39 is 11.7 Å². The van der Waals surface area contributed by atoms with Gasteiger partial charge in [0, 0.05) is 40.5 Å². The van der Waals surface area contributed by atoms with Crippen LogP contribution in [0.5, 0.6) is 0 Å². The summed E-state index contributed by atoms with van der Waals surface area (Å²) in [6, 6.07) is 5.24. The molecule has 1 amide bonds. The van der Waals surface area contributed by atoms with Crippen LogP contribution in [0, 0.1) is 0 Å². The Bertz CT molecular complexity index is 673. The van der Waals surface area contributed by atoms with Crippen LogP contribution in [-0.2, 0) is 11.2 Å². The van der Waals surface area contributed by atoms with Crippen molar-refractivity contribution in [1.29, 1.82) is 0 Å². The number of halogens is 2. The molecule has 0 saturated carbocycles. The van der Waals surface area contributed by atoms with Crippen LogP contribution in [0.2, 0.25) is 10.0 Å². The number of amides is 1. The lowest BCUT2D eigenvalue weighted by molar-refractivity contribution is 0.0528. The molecule has 2 N–H and O–H groups in total. The average molecular weight is 356 g/mol. The van der Waals surface area contributed by atoms with Crippen LogP contribution in [-0.4, -0.2) is 28.2 Å². The number of rotatable bonds is 4. The molecule has 0 aliphatic heterocycles. The van der Waals surface area contributed by atoms with Gasteiger partial charge in [0.05, 0.1) is 0 Å². The SMILES string of the molecule is CC(C)(C)OC(=O)NCCc1cnc(-c2cc(Cl)cc(Cl)c2)[nH]1. The van der Waals surface area contributed by atoms with Crippen LogP contribution in [0.3, 0.4) is 0 Å². The number of aromatic nitrogens is 2. The zero-order valence-corrected chi connectivity index (χ0v) is 14.8. The van der Waals surface area contributed by atoms with Crippen LogP contribution >= 0.6 is 23.2 Å². The highest BCUT2D eigenvalue weighted by molar-refractivity contribution is 6.35. The molecule has 0 aliphatic rings. The smallest absolute Gasteiger partial charge is 0.407 e. The van der Waals surface area contributed by atoms with Crippen LogP contribution in [0.15, 0.2) is 24.4 Å². The van der Waals surface area contributed by atoms with Crippen molar-refractivity contribution < 1.29 is 9.53 Å². The summed E-state index contributed by atoms with van der Waals surface area (Å²) >= 11 is 12.0. The number of alkyl carbamates (subject to hydrolysis) is 1. The standard InChI is InChI=1S/C16H19Cl2N3O2/c1-16(2,3)23-15(22)19-5-4-13-9-20-14(21-13)10-6-11(17)8-12(18)7-10/h6-9H,4-5H2,1-3H3,(H,19,22)(H,20,21). The van der Waals surface area contributed by atoms with Crippen molar-refractivity contribution in [3.63, 3.8) is 0 Å². The summed E-state index contributed by atoms with van der Waals surface area (Å²) < 4.78 is 5.17. The first kappa shape index (κ1) is 17.6. The zero-order chi connectivity index (χ0) is 17.0. The fourth-order valence-corrected chi connectivity index (χ4v) is 2.46. The Hall–Kier alpha value is -1.72. The highest BCUT2D eigenvalue weighted by atomic mass is 35.5. The van der Waals surface area contributed by atoms with E-state index in [1.54, 1.807) is 24.4 Å². The number of imidazole rings is 1. The molecule has 0 aliphatic carbocycles. The molecule has 0 spiro atoms. The summed E-state index contributed by atoms with van der Waals surface area (Å²) in [5.74, 6) is 0.682. The van der Waals surface area contributed by atoms with Crippen molar-refractivity contribution in [3.05, 3.63) is 40.1 Å². The van der Waals surface area contributed by atoms with Crippen LogP contribution in [0.1, 0.15) is 26.5 Å². The lowest BCUT2D eigenvalue weighted by atomic mass is 10.2. The van der Waals surface area contributed by atoms with E-state index >= 15 is 0 Å². The molecule has 7 heteroatoms. The first-order chi connectivity index (χ1) is 10.7. The molecule has 0 atom stereocenters. The van der Waals surface area contributed by atoms with Crippen molar-refractivity contribution >= 4 is 29.3 Å². The van der Waals surface area contributed by atoms with Gasteiger partial charge in [-0.15, -0.1) is 0 Å². The lowest BCUT2D eigenvalue weighted by Crippen LogP contribution is -2.33. The third kappa shape index (κ3) is 5.77. The quantitative estimate of drug-likeness (QED) is 0.851. The maximum absolute atomic E-state index is 11.6. The molecule has 0 fully saturated rings. The van der Waals surface area contributed by atoms with Gasteiger partial charge in [0.1, 0.15) is 11.4 Å². The first-order valence-corrected chi connectivity index (χ1v) is 7.96. The van der Waals surface area contributed by atoms with E-state index in [1.807, 2.05) is 20.8 Å². The van der Waals surface area contributed by atoms with Gasteiger partial charge >= 0.3 is 6.09 Å². The Morgan fingerprint density at radius 2 is 1.91 bits per heavy atom. The number of benzene rings is 1. The Morgan fingerprint density at radius 3 is 2.52 bits per heavy atom. The number of nitrogens with one attached hydrogen (secondary N) is 2. The van der Waals surface area contributed by atoms with Crippen molar-refractivity contribution in [1.82, 2.24) is 15.3 Å². The topological polar surface area (TPSA) is 67.0 Å². The molecule has 1 aromatic heterocycles. The van der Waals surface area contributed by atoms with Gasteiger partial charge in [-0.1, -0.05) is 23.2 Å². The van der Waals surface area contributed by atoms with E-state index in [9.17, 15) is 4.79 Å². The summed E-state index contributed by atoms with van der Waals surface area (Å²) in [6.07, 6.45) is 1.90. The summed E-state index contributed by atoms with van der Waals surface area (Å²) in [5, 5.41) is 3.81. The molecule has 5 nitrogen and oxygen atoms in total. The lowest BCUT2D eigenvalue weighted by Gasteiger charge is -2.19. The maximum atomic E-state index is 11.6. The van der Waals surface area contributed by atoms with Crippen molar-refractivity contribution in [2.24, 2.45) is 0 Å². The van der Waals surface area contributed by atoms with E-state index in [-0.39, 0.29) is 0 Å². The van der Waals surface area contributed by atoms with Crippen LogP contribution in [0.25, 0.3) is 11.4 Å². The second-order valence-corrected chi connectivity index (χ2v) is 6.97. The summed E-state index contributed by atoms with van der Waals surface area (Å²) in [7, 11) is 0. The number of nitrogens with zero attached hydrogens (tertiary/aromatic N) is 1. The number of H-pyrrole nitrogens is 1. The van der Waals surface area contributed by atoms with Gasteiger partial charge in [-0.25, -0.2) is 9.78 Å². The highest BCUT2D eigenvalue weighted by Gasteiger charge is 2.15. The number of carbonyl (C=O) groups excluding carboxylic acids is 1. The van der Waals surface area contributed by atoms with Crippen LogP contribution in [0.4, 0.5) is 4.79 Å². The maximum Gasteiger partial charge on any atom is 0.407 e. The van der Waals surface area contributed by atoms with Gasteiger partial charge in [0.25, 0.3) is 0 Å². The summed E-state index contributed by atoms with van der Waals surface area (Å²) in [5.41, 5.74) is 1.21. The normalized spacial score (nSPS) is 11.3. The van der Waals surface area contributed by atoms with E-state index in [4.69, 9.17) is 27.9 Å². The Morgan fingerprint density at radius 1 is 1.26 bits per heavy atom. The molecular formula is C16H19Cl2N3O2. The Balaban J connectivity index is 1.91. The molecule has 0 radical (unpaired) electrons. The van der Waals surface area contributed by atoms with Crippen LogP contribution < -0.4 is 5.32 Å². The summed E-state index contributed by atoms with van der Waals surface area (Å²) in [4.78, 5) is 19.1. The Kier molecular flexibility index (Phi) is 5.55. The number of aromatic amines is 1.